The highest BCUT2D eigenvalue weighted by Gasteiger charge is 2.26. The Bertz CT molecular complexity index is 913. The van der Waals surface area contributed by atoms with Crippen LogP contribution in [0.4, 0.5) is 5.69 Å². The average Bonchev–Trinajstić information content (AvgIpc) is 2.88. The molecule has 0 saturated carbocycles. The van der Waals surface area contributed by atoms with Crippen molar-refractivity contribution < 1.29 is 17.6 Å². The molecule has 0 atom stereocenters. The zero-order valence-corrected chi connectivity index (χ0v) is 17.1. The summed E-state index contributed by atoms with van der Waals surface area (Å²) in [6.07, 6.45) is 2.86. The monoisotopic (exact) mass is 440 g/mol. The lowest BCUT2D eigenvalue weighted by atomic mass is 10.2. The Morgan fingerprint density at radius 2 is 1.69 bits per heavy atom. The van der Waals surface area contributed by atoms with Crippen LogP contribution in [0.2, 0.25) is 0 Å². The first-order chi connectivity index (χ1) is 12.3. The van der Waals surface area contributed by atoms with Gasteiger partial charge >= 0.3 is 0 Å². The van der Waals surface area contributed by atoms with Crippen molar-refractivity contribution in [2.24, 2.45) is 0 Å². The van der Waals surface area contributed by atoms with Crippen LogP contribution >= 0.6 is 15.9 Å². The van der Waals surface area contributed by atoms with Gasteiger partial charge in [0.05, 0.1) is 14.9 Å². The van der Waals surface area contributed by atoms with Crippen LogP contribution in [0.3, 0.4) is 0 Å². The Morgan fingerprint density at radius 1 is 1.08 bits per heavy atom. The van der Waals surface area contributed by atoms with Gasteiger partial charge in [0.2, 0.25) is 10.0 Å². The van der Waals surface area contributed by atoms with Crippen LogP contribution in [-0.4, -0.2) is 31.7 Å². The van der Waals surface area contributed by atoms with Crippen molar-refractivity contribution in [1.82, 2.24) is 4.31 Å². The molecule has 140 valence electrons. The third-order valence-electron chi connectivity index (χ3n) is 4.48. The average molecular weight is 441 g/mol. The smallest absolute Gasteiger partial charge is 0.260 e. The van der Waals surface area contributed by atoms with Gasteiger partial charge in [-0.25, -0.2) is 8.42 Å². The van der Waals surface area contributed by atoms with E-state index in [-0.39, 0.29) is 10.8 Å². The summed E-state index contributed by atoms with van der Waals surface area (Å²) in [6.45, 7) is 4.62. The molecule has 2 aromatic rings. The molecule has 0 radical (unpaired) electrons. The van der Waals surface area contributed by atoms with E-state index in [1.807, 2.05) is 0 Å². The van der Waals surface area contributed by atoms with E-state index in [0.29, 0.717) is 40.3 Å². The molecule has 1 saturated heterocycles. The van der Waals surface area contributed by atoms with Gasteiger partial charge in [-0.15, -0.1) is 0 Å². The van der Waals surface area contributed by atoms with Crippen LogP contribution in [0.1, 0.15) is 41.1 Å². The van der Waals surface area contributed by atoms with E-state index >= 15 is 0 Å². The zero-order valence-electron chi connectivity index (χ0n) is 14.7. The first-order valence-corrected chi connectivity index (χ1v) is 10.7. The second-order valence-corrected chi connectivity index (χ2v) is 9.08. The van der Waals surface area contributed by atoms with Crippen molar-refractivity contribution in [2.45, 2.75) is 38.0 Å². The number of hydrogen-bond donors (Lipinski definition) is 1. The quantitative estimate of drug-likeness (QED) is 0.776. The van der Waals surface area contributed by atoms with E-state index in [4.69, 9.17) is 4.42 Å². The minimum absolute atomic E-state index is 0.244. The lowest BCUT2D eigenvalue weighted by Gasteiger charge is -2.25. The fourth-order valence-electron chi connectivity index (χ4n) is 3.07. The molecule has 6 nitrogen and oxygen atoms in total. The topological polar surface area (TPSA) is 79.6 Å². The fourth-order valence-corrected chi connectivity index (χ4v) is 5.13. The molecule has 8 heteroatoms. The summed E-state index contributed by atoms with van der Waals surface area (Å²) < 4.78 is 32.9. The second-order valence-electron chi connectivity index (χ2n) is 6.35. The third-order valence-corrected chi connectivity index (χ3v) is 7.35. The molecule has 1 aromatic heterocycles. The van der Waals surface area contributed by atoms with Crippen molar-refractivity contribution in [1.29, 1.82) is 0 Å². The van der Waals surface area contributed by atoms with Crippen molar-refractivity contribution >= 4 is 37.5 Å². The summed E-state index contributed by atoms with van der Waals surface area (Å²) >= 11 is 3.36. The number of rotatable bonds is 4. The molecule has 0 unspecified atom stereocenters. The summed E-state index contributed by atoms with van der Waals surface area (Å²) in [5.41, 5.74) is 0.963. The predicted octanol–water partition coefficient (Wildman–Crippen LogP) is 4.09. The zero-order chi connectivity index (χ0) is 18.9. The molecule has 1 amide bonds. The molecule has 1 N–H and O–H groups in total. The number of halogens is 1. The molecule has 1 aromatic carbocycles. The van der Waals surface area contributed by atoms with Gasteiger partial charge in [0.15, 0.2) is 0 Å². The number of hydrogen-bond acceptors (Lipinski definition) is 4. The maximum atomic E-state index is 12.7. The molecule has 0 aliphatic carbocycles. The summed E-state index contributed by atoms with van der Waals surface area (Å²) in [5, 5.41) is 2.77. The Kier molecular flexibility index (Phi) is 5.55. The number of nitrogens with zero attached hydrogens (tertiary/aromatic N) is 1. The van der Waals surface area contributed by atoms with Gasteiger partial charge in [-0.2, -0.15) is 4.31 Å². The number of furan rings is 1. The number of piperidine rings is 1. The van der Waals surface area contributed by atoms with Crippen molar-refractivity contribution in [3.8, 4) is 0 Å². The lowest BCUT2D eigenvalue weighted by molar-refractivity contribution is 0.102. The van der Waals surface area contributed by atoms with Gasteiger partial charge in [0, 0.05) is 18.8 Å². The molecular weight excluding hydrogens is 420 g/mol. The number of carbonyl (C=O) groups excluding carboxylic acids is 1. The van der Waals surface area contributed by atoms with Gasteiger partial charge in [-0.1, -0.05) is 6.42 Å². The molecule has 0 bridgehead atoms. The van der Waals surface area contributed by atoms with Crippen molar-refractivity contribution in [3.05, 3.63) is 45.8 Å². The highest BCUT2D eigenvalue weighted by molar-refractivity contribution is 9.10. The minimum atomic E-state index is -3.47. The van der Waals surface area contributed by atoms with Crippen LogP contribution in [0, 0.1) is 13.8 Å². The Balaban J connectivity index is 1.76. The first kappa shape index (κ1) is 19.1. The molecule has 1 aliphatic rings. The van der Waals surface area contributed by atoms with Gasteiger partial charge in [-0.3, -0.25) is 4.79 Å². The van der Waals surface area contributed by atoms with Crippen LogP contribution in [0.15, 0.2) is 38.1 Å². The van der Waals surface area contributed by atoms with Crippen LogP contribution < -0.4 is 5.32 Å². The summed E-state index contributed by atoms with van der Waals surface area (Å²) in [4.78, 5) is 12.7. The Morgan fingerprint density at radius 3 is 2.23 bits per heavy atom. The highest BCUT2D eigenvalue weighted by Crippen LogP contribution is 2.28. The summed E-state index contributed by atoms with van der Waals surface area (Å²) in [6, 6.07) is 6.26. The van der Waals surface area contributed by atoms with Crippen molar-refractivity contribution in [2.75, 3.05) is 18.4 Å². The predicted molar refractivity (Wildman–Crippen MR) is 103 cm³/mol. The largest absolute Gasteiger partial charge is 0.465 e. The molecule has 26 heavy (non-hydrogen) atoms. The minimum Gasteiger partial charge on any atom is -0.465 e. The second kappa shape index (κ2) is 7.54. The number of carbonyl (C=O) groups is 1. The molecule has 0 spiro atoms. The van der Waals surface area contributed by atoms with Gasteiger partial charge < -0.3 is 9.73 Å². The van der Waals surface area contributed by atoms with Gasteiger partial charge in [0.1, 0.15) is 11.5 Å². The van der Waals surface area contributed by atoms with E-state index < -0.39 is 10.0 Å². The standard InChI is InChI=1S/C18H21BrN2O4S/c1-12-16(17(19)13(2)25-12)18(22)20-14-6-8-15(9-7-14)26(23,24)21-10-4-3-5-11-21/h6-9H,3-5,10-11H2,1-2H3,(H,20,22). The SMILES string of the molecule is Cc1oc(C)c(C(=O)Nc2ccc(S(=O)(=O)N3CCCCC3)cc2)c1Br. The molecule has 1 fully saturated rings. The van der Waals surface area contributed by atoms with Gasteiger partial charge in [-0.05, 0) is 66.9 Å². The molecular formula is C18H21BrN2O4S. The van der Waals surface area contributed by atoms with Gasteiger partial charge in [0.25, 0.3) is 5.91 Å². The van der Waals surface area contributed by atoms with Crippen LogP contribution in [0.5, 0.6) is 0 Å². The number of aryl methyl sites for hydroxylation is 2. The third kappa shape index (κ3) is 3.72. The molecule has 1 aliphatic heterocycles. The number of amides is 1. The van der Waals surface area contributed by atoms with E-state index in [9.17, 15) is 13.2 Å². The normalized spacial score (nSPS) is 15.8. The van der Waals surface area contributed by atoms with Crippen LogP contribution in [0.25, 0.3) is 0 Å². The number of sulfonamides is 1. The lowest BCUT2D eigenvalue weighted by Crippen LogP contribution is -2.35. The molecule has 2 heterocycles. The Hall–Kier alpha value is -1.64. The van der Waals surface area contributed by atoms with E-state index in [1.54, 1.807) is 26.0 Å². The van der Waals surface area contributed by atoms with E-state index in [2.05, 4.69) is 21.2 Å². The fraction of sp³-hybridized carbons (Fsp3) is 0.389. The number of nitrogens with one attached hydrogen (secondary N) is 1. The first-order valence-electron chi connectivity index (χ1n) is 8.48. The molecule has 3 rings (SSSR count). The van der Waals surface area contributed by atoms with Crippen molar-refractivity contribution in [3.63, 3.8) is 0 Å². The van der Waals surface area contributed by atoms with E-state index in [1.165, 1.54) is 16.4 Å². The maximum absolute atomic E-state index is 12.7. The maximum Gasteiger partial charge on any atom is 0.260 e. The number of anilines is 1. The van der Waals surface area contributed by atoms with E-state index in [0.717, 1.165) is 19.3 Å². The summed E-state index contributed by atoms with van der Waals surface area (Å²) in [7, 11) is -3.47. The highest BCUT2D eigenvalue weighted by atomic mass is 79.9. The summed E-state index contributed by atoms with van der Waals surface area (Å²) in [5.74, 6) is 0.852. The number of benzene rings is 1. The Labute approximate surface area is 161 Å². The van der Waals surface area contributed by atoms with Crippen LogP contribution in [-0.2, 0) is 10.0 Å².